The lowest BCUT2D eigenvalue weighted by molar-refractivity contribution is -0.644. The number of carbonyl (C=O) groups excluding carboxylic acids is 1. The van der Waals surface area contributed by atoms with Crippen LogP contribution in [0.15, 0.2) is 12.1 Å². The fraction of sp³-hybridized carbons (Fsp3) is 0.588. The zero-order valence-corrected chi connectivity index (χ0v) is 14.0. The lowest BCUT2D eigenvalue weighted by Gasteiger charge is -2.35. The number of quaternary nitrogens is 1. The Hall–Kier alpha value is -1.75. The highest BCUT2D eigenvalue weighted by Gasteiger charge is 2.29. The third-order valence-electron chi connectivity index (χ3n) is 4.32. The molecule has 5 nitrogen and oxygen atoms in total. The fourth-order valence-corrected chi connectivity index (χ4v) is 3.03. The Morgan fingerprint density at radius 1 is 1.32 bits per heavy atom. The van der Waals surface area contributed by atoms with E-state index in [-0.39, 0.29) is 11.9 Å². The van der Waals surface area contributed by atoms with Crippen molar-refractivity contribution in [3.05, 3.63) is 23.3 Å². The number of amides is 1. The predicted molar refractivity (Wildman–Crippen MR) is 85.3 cm³/mol. The number of fused-ring (bicyclic) bond motifs is 1. The molecule has 0 saturated heterocycles. The van der Waals surface area contributed by atoms with E-state index in [4.69, 9.17) is 9.47 Å². The third kappa shape index (κ3) is 3.35. The SMILES string of the molecule is CCC[NH2+]CC(=O)N1CCc2cc(OC)c(OC)cc2[C@@H]1C. The smallest absolute Gasteiger partial charge is 0.278 e. The molecule has 1 atom stereocenters. The van der Waals surface area contributed by atoms with Crippen molar-refractivity contribution in [2.75, 3.05) is 33.9 Å². The normalized spacial score (nSPS) is 17.1. The van der Waals surface area contributed by atoms with Crippen molar-refractivity contribution in [1.29, 1.82) is 0 Å². The van der Waals surface area contributed by atoms with Crippen LogP contribution in [0.5, 0.6) is 11.5 Å². The zero-order valence-electron chi connectivity index (χ0n) is 14.0. The Kier molecular flexibility index (Phi) is 5.66. The van der Waals surface area contributed by atoms with Crippen LogP contribution in [-0.4, -0.2) is 44.7 Å². The van der Waals surface area contributed by atoms with Gasteiger partial charge in [-0.25, -0.2) is 0 Å². The molecule has 22 heavy (non-hydrogen) atoms. The Bertz CT molecular complexity index is 531. The molecule has 1 aliphatic heterocycles. The first-order chi connectivity index (χ1) is 10.6. The average Bonchev–Trinajstić information content (AvgIpc) is 2.54. The maximum absolute atomic E-state index is 12.4. The molecule has 1 heterocycles. The monoisotopic (exact) mass is 307 g/mol. The molecule has 122 valence electrons. The second-order valence-corrected chi connectivity index (χ2v) is 5.70. The predicted octanol–water partition coefficient (Wildman–Crippen LogP) is 1.12. The van der Waals surface area contributed by atoms with E-state index < -0.39 is 0 Å². The fourth-order valence-electron chi connectivity index (χ4n) is 3.03. The van der Waals surface area contributed by atoms with Crippen LogP contribution in [0.1, 0.15) is 37.4 Å². The van der Waals surface area contributed by atoms with Crippen molar-refractivity contribution in [2.45, 2.75) is 32.7 Å². The molecule has 1 aromatic rings. The largest absolute Gasteiger partial charge is 0.493 e. The topological polar surface area (TPSA) is 55.4 Å². The molecule has 0 fully saturated rings. The van der Waals surface area contributed by atoms with E-state index in [9.17, 15) is 4.79 Å². The molecule has 0 aliphatic carbocycles. The van der Waals surface area contributed by atoms with Gasteiger partial charge in [-0.15, -0.1) is 0 Å². The summed E-state index contributed by atoms with van der Waals surface area (Å²) in [4.78, 5) is 14.4. The van der Waals surface area contributed by atoms with Gasteiger partial charge in [0.1, 0.15) is 0 Å². The molecule has 1 amide bonds. The summed E-state index contributed by atoms with van der Waals surface area (Å²) in [6, 6.07) is 4.12. The second kappa shape index (κ2) is 7.49. The van der Waals surface area contributed by atoms with Gasteiger partial charge in [-0.2, -0.15) is 0 Å². The van der Waals surface area contributed by atoms with Gasteiger partial charge in [0.15, 0.2) is 18.0 Å². The van der Waals surface area contributed by atoms with Gasteiger partial charge in [-0.3, -0.25) is 4.79 Å². The highest BCUT2D eigenvalue weighted by Crippen LogP contribution is 2.37. The van der Waals surface area contributed by atoms with Crippen molar-refractivity contribution in [3.8, 4) is 11.5 Å². The molecule has 5 heteroatoms. The number of hydrogen-bond acceptors (Lipinski definition) is 3. The molecule has 0 unspecified atom stereocenters. The molecule has 0 aromatic heterocycles. The van der Waals surface area contributed by atoms with Crippen LogP contribution in [0.3, 0.4) is 0 Å². The summed E-state index contributed by atoms with van der Waals surface area (Å²) < 4.78 is 10.8. The van der Waals surface area contributed by atoms with Crippen LogP contribution in [0.25, 0.3) is 0 Å². The minimum absolute atomic E-state index is 0.0751. The number of nitrogens with zero attached hydrogens (tertiary/aromatic N) is 1. The third-order valence-corrected chi connectivity index (χ3v) is 4.32. The first-order valence-electron chi connectivity index (χ1n) is 7.98. The maximum atomic E-state index is 12.4. The van der Waals surface area contributed by atoms with Crippen LogP contribution >= 0.6 is 0 Å². The Morgan fingerprint density at radius 3 is 2.64 bits per heavy atom. The van der Waals surface area contributed by atoms with Crippen LogP contribution in [0.4, 0.5) is 0 Å². The molecule has 0 radical (unpaired) electrons. The molecule has 2 rings (SSSR count). The van der Waals surface area contributed by atoms with E-state index in [0.717, 1.165) is 43.0 Å². The van der Waals surface area contributed by atoms with Gasteiger partial charge in [0.25, 0.3) is 5.91 Å². The summed E-state index contributed by atoms with van der Waals surface area (Å²) in [5, 5.41) is 2.08. The standard InChI is InChI=1S/C17H26N2O3/c1-5-7-18-11-17(20)19-8-6-13-9-15(21-3)16(22-4)10-14(13)12(19)2/h9-10,12,18H,5-8,11H2,1-4H3/p+1/t12-/m0/s1. The van der Waals surface area contributed by atoms with Crippen LogP contribution in [-0.2, 0) is 11.2 Å². The quantitative estimate of drug-likeness (QED) is 0.802. The van der Waals surface area contributed by atoms with Crippen molar-refractivity contribution < 1.29 is 19.6 Å². The first kappa shape index (κ1) is 16.6. The highest BCUT2D eigenvalue weighted by atomic mass is 16.5. The van der Waals surface area contributed by atoms with Crippen molar-refractivity contribution >= 4 is 5.91 Å². The van der Waals surface area contributed by atoms with E-state index in [2.05, 4.69) is 19.2 Å². The van der Waals surface area contributed by atoms with Crippen molar-refractivity contribution in [2.24, 2.45) is 0 Å². The van der Waals surface area contributed by atoms with Crippen LogP contribution < -0.4 is 14.8 Å². The number of hydrogen-bond donors (Lipinski definition) is 1. The molecule has 0 bridgehead atoms. The van der Waals surface area contributed by atoms with Gasteiger partial charge in [0.2, 0.25) is 0 Å². The summed E-state index contributed by atoms with van der Waals surface area (Å²) >= 11 is 0. The van der Waals surface area contributed by atoms with Crippen molar-refractivity contribution in [1.82, 2.24) is 4.90 Å². The van der Waals surface area contributed by atoms with Gasteiger partial charge < -0.3 is 19.7 Å². The summed E-state index contributed by atoms with van der Waals surface area (Å²) in [5.41, 5.74) is 2.40. The second-order valence-electron chi connectivity index (χ2n) is 5.70. The average molecular weight is 307 g/mol. The van der Waals surface area contributed by atoms with Gasteiger partial charge in [-0.05, 0) is 43.0 Å². The number of rotatable bonds is 6. The van der Waals surface area contributed by atoms with Gasteiger partial charge in [-0.1, -0.05) is 6.92 Å². The van der Waals surface area contributed by atoms with Crippen molar-refractivity contribution in [3.63, 3.8) is 0 Å². The maximum Gasteiger partial charge on any atom is 0.278 e. The van der Waals surface area contributed by atoms with Gasteiger partial charge in [0.05, 0.1) is 26.8 Å². The summed E-state index contributed by atoms with van der Waals surface area (Å²) in [6.07, 6.45) is 1.95. The van der Waals surface area contributed by atoms with Crippen LogP contribution in [0, 0.1) is 0 Å². The first-order valence-corrected chi connectivity index (χ1v) is 7.98. The molecule has 0 saturated carbocycles. The lowest BCUT2D eigenvalue weighted by Crippen LogP contribution is -2.86. The van der Waals surface area contributed by atoms with Gasteiger partial charge >= 0.3 is 0 Å². The van der Waals surface area contributed by atoms with E-state index in [1.165, 1.54) is 5.56 Å². The molecule has 1 aliphatic rings. The molecule has 1 aromatic carbocycles. The number of benzene rings is 1. The molecule has 0 spiro atoms. The Morgan fingerprint density at radius 2 is 2.00 bits per heavy atom. The zero-order chi connectivity index (χ0) is 16.1. The Balaban J connectivity index is 2.18. The van der Waals surface area contributed by atoms with E-state index in [1.807, 2.05) is 17.0 Å². The summed E-state index contributed by atoms with van der Waals surface area (Å²) in [5.74, 6) is 1.69. The molecule has 2 N–H and O–H groups in total. The number of methoxy groups -OCH3 is 2. The number of nitrogens with two attached hydrogens (primary N) is 1. The number of carbonyl (C=O) groups is 1. The lowest BCUT2D eigenvalue weighted by atomic mass is 9.92. The van der Waals surface area contributed by atoms with Crippen LogP contribution in [0.2, 0.25) is 0 Å². The minimum Gasteiger partial charge on any atom is -0.493 e. The van der Waals surface area contributed by atoms with E-state index >= 15 is 0 Å². The Labute approximate surface area is 132 Å². The van der Waals surface area contributed by atoms with Gasteiger partial charge in [0, 0.05) is 6.54 Å². The summed E-state index contributed by atoms with van der Waals surface area (Å²) in [6.45, 7) is 6.50. The number of ether oxygens (including phenoxy) is 2. The van der Waals surface area contributed by atoms with E-state index in [0.29, 0.717) is 6.54 Å². The highest BCUT2D eigenvalue weighted by molar-refractivity contribution is 5.78. The molecular weight excluding hydrogens is 280 g/mol. The molecular formula is C17H27N2O3+. The van der Waals surface area contributed by atoms with E-state index in [1.54, 1.807) is 14.2 Å². The minimum atomic E-state index is 0.0751. The summed E-state index contributed by atoms with van der Waals surface area (Å²) in [7, 11) is 3.29.